The monoisotopic (exact) mass is 354 g/mol. The average Bonchev–Trinajstić information content (AvgIpc) is 3.18. The predicted molar refractivity (Wildman–Crippen MR) is 102 cm³/mol. The number of hydrogen-bond donors (Lipinski definition) is 2. The SMILES string of the molecule is CC(Oc1ccc2ccccc2c1)C(=O)NNC(=O)CCC1CCCC1. The molecule has 138 valence electrons. The van der Waals surface area contributed by atoms with Crippen LogP contribution in [0.3, 0.4) is 0 Å². The predicted octanol–water partition coefficient (Wildman–Crippen LogP) is 3.72. The standard InChI is InChI=1S/C21H26N2O3/c1-15(26-19-12-11-17-8-4-5-9-18(17)14-19)21(25)23-22-20(24)13-10-16-6-2-3-7-16/h4-5,8-9,11-12,14-16H,2-3,6-7,10,13H2,1H3,(H,22,24)(H,23,25). The molecule has 3 rings (SSSR count). The summed E-state index contributed by atoms with van der Waals surface area (Å²) in [5.41, 5.74) is 4.94. The first kappa shape index (κ1) is 18.2. The smallest absolute Gasteiger partial charge is 0.279 e. The minimum absolute atomic E-state index is 0.150. The fraction of sp³-hybridized carbons (Fsp3) is 0.429. The summed E-state index contributed by atoms with van der Waals surface area (Å²) in [6.07, 6.45) is 5.62. The first-order chi connectivity index (χ1) is 12.6. The van der Waals surface area contributed by atoms with Crippen molar-refractivity contribution in [3.8, 4) is 5.75 Å². The highest BCUT2D eigenvalue weighted by Gasteiger charge is 2.18. The summed E-state index contributed by atoms with van der Waals surface area (Å²) in [6.45, 7) is 1.66. The molecule has 0 radical (unpaired) electrons. The van der Waals surface area contributed by atoms with Crippen molar-refractivity contribution in [2.24, 2.45) is 5.92 Å². The Morgan fingerprint density at radius 3 is 2.58 bits per heavy atom. The lowest BCUT2D eigenvalue weighted by atomic mass is 10.0. The molecule has 0 bridgehead atoms. The number of nitrogens with one attached hydrogen (secondary N) is 2. The van der Waals surface area contributed by atoms with E-state index in [2.05, 4.69) is 10.9 Å². The molecule has 2 aromatic carbocycles. The third-order valence-corrected chi connectivity index (χ3v) is 4.98. The molecular formula is C21H26N2O3. The molecule has 0 heterocycles. The fourth-order valence-corrected chi connectivity index (χ4v) is 3.43. The number of ether oxygens (including phenoxy) is 1. The molecule has 0 spiro atoms. The largest absolute Gasteiger partial charge is 0.481 e. The number of amides is 2. The van der Waals surface area contributed by atoms with Crippen LogP contribution in [0.1, 0.15) is 45.4 Å². The van der Waals surface area contributed by atoms with E-state index < -0.39 is 6.10 Å². The van der Waals surface area contributed by atoms with Gasteiger partial charge < -0.3 is 4.74 Å². The Kier molecular flexibility index (Phi) is 6.10. The van der Waals surface area contributed by atoms with E-state index in [0.717, 1.165) is 17.2 Å². The Labute approximate surface area is 154 Å². The maximum absolute atomic E-state index is 12.1. The Bertz CT molecular complexity index is 769. The van der Waals surface area contributed by atoms with Gasteiger partial charge in [-0.2, -0.15) is 0 Å². The quantitative estimate of drug-likeness (QED) is 0.777. The van der Waals surface area contributed by atoms with Crippen molar-refractivity contribution >= 4 is 22.6 Å². The molecule has 2 N–H and O–H groups in total. The van der Waals surface area contributed by atoms with Gasteiger partial charge in [0.1, 0.15) is 5.75 Å². The zero-order chi connectivity index (χ0) is 18.4. The lowest BCUT2D eigenvalue weighted by Gasteiger charge is -2.16. The van der Waals surface area contributed by atoms with E-state index in [-0.39, 0.29) is 11.8 Å². The number of carbonyl (C=O) groups is 2. The van der Waals surface area contributed by atoms with Crippen LogP contribution >= 0.6 is 0 Å². The van der Waals surface area contributed by atoms with Crippen LogP contribution in [0.15, 0.2) is 42.5 Å². The molecule has 5 heteroatoms. The van der Waals surface area contributed by atoms with Gasteiger partial charge in [-0.25, -0.2) is 0 Å². The summed E-state index contributed by atoms with van der Waals surface area (Å²) in [5.74, 6) is 0.765. The van der Waals surface area contributed by atoms with E-state index in [1.54, 1.807) is 6.92 Å². The number of carbonyl (C=O) groups excluding carboxylic acids is 2. The summed E-state index contributed by atoms with van der Waals surface area (Å²) in [7, 11) is 0. The van der Waals surface area contributed by atoms with Crippen molar-refractivity contribution in [3.05, 3.63) is 42.5 Å². The van der Waals surface area contributed by atoms with Crippen molar-refractivity contribution in [2.45, 2.75) is 51.6 Å². The van der Waals surface area contributed by atoms with Crippen LogP contribution < -0.4 is 15.6 Å². The van der Waals surface area contributed by atoms with Crippen LogP contribution in [0.2, 0.25) is 0 Å². The molecule has 0 saturated heterocycles. The van der Waals surface area contributed by atoms with Crippen molar-refractivity contribution < 1.29 is 14.3 Å². The normalized spacial score (nSPS) is 15.6. The molecule has 1 fully saturated rings. The second kappa shape index (κ2) is 8.70. The zero-order valence-electron chi connectivity index (χ0n) is 15.2. The van der Waals surface area contributed by atoms with E-state index in [1.165, 1.54) is 25.7 Å². The van der Waals surface area contributed by atoms with E-state index in [9.17, 15) is 9.59 Å². The summed E-state index contributed by atoms with van der Waals surface area (Å²) < 4.78 is 5.69. The minimum Gasteiger partial charge on any atom is -0.481 e. The van der Waals surface area contributed by atoms with Crippen molar-refractivity contribution in [1.29, 1.82) is 0 Å². The van der Waals surface area contributed by atoms with Gasteiger partial charge in [0, 0.05) is 6.42 Å². The zero-order valence-corrected chi connectivity index (χ0v) is 15.2. The van der Waals surface area contributed by atoms with Crippen LogP contribution in [0.4, 0.5) is 0 Å². The summed E-state index contributed by atoms with van der Waals surface area (Å²) in [4.78, 5) is 24.0. The van der Waals surface area contributed by atoms with Crippen LogP contribution in [0, 0.1) is 5.92 Å². The molecular weight excluding hydrogens is 328 g/mol. The molecule has 1 saturated carbocycles. The van der Waals surface area contributed by atoms with E-state index in [4.69, 9.17) is 4.74 Å². The third-order valence-electron chi connectivity index (χ3n) is 4.98. The molecule has 5 nitrogen and oxygen atoms in total. The molecule has 1 atom stereocenters. The number of fused-ring (bicyclic) bond motifs is 1. The number of hydrazine groups is 1. The molecule has 0 aromatic heterocycles. The summed E-state index contributed by atoms with van der Waals surface area (Å²) in [5, 5.41) is 2.17. The first-order valence-corrected chi connectivity index (χ1v) is 9.36. The Morgan fingerprint density at radius 2 is 1.81 bits per heavy atom. The second-order valence-electron chi connectivity index (χ2n) is 7.00. The Hall–Kier alpha value is -2.56. The molecule has 2 amide bonds. The van der Waals surface area contributed by atoms with Gasteiger partial charge in [0.05, 0.1) is 0 Å². The highest BCUT2D eigenvalue weighted by molar-refractivity contribution is 5.85. The summed E-state index contributed by atoms with van der Waals surface area (Å²) >= 11 is 0. The van der Waals surface area contributed by atoms with Gasteiger partial charge in [0.25, 0.3) is 5.91 Å². The molecule has 26 heavy (non-hydrogen) atoms. The first-order valence-electron chi connectivity index (χ1n) is 9.36. The van der Waals surface area contributed by atoms with Gasteiger partial charge in [-0.15, -0.1) is 0 Å². The Balaban J connectivity index is 1.43. The average molecular weight is 354 g/mol. The number of hydrogen-bond acceptors (Lipinski definition) is 3. The third kappa shape index (κ3) is 4.97. The van der Waals surface area contributed by atoms with Crippen LogP contribution in [-0.2, 0) is 9.59 Å². The topological polar surface area (TPSA) is 67.4 Å². The molecule has 1 unspecified atom stereocenters. The lowest BCUT2D eigenvalue weighted by molar-refractivity contribution is -0.132. The second-order valence-corrected chi connectivity index (χ2v) is 7.00. The number of benzene rings is 2. The maximum atomic E-state index is 12.1. The molecule has 0 aliphatic heterocycles. The highest BCUT2D eigenvalue weighted by Crippen LogP contribution is 2.28. The van der Waals surface area contributed by atoms with Gasteiger partial charge in [-0.1, -0.05) is 56.0 Å². The minimum atomic E-state index is -0.703. The van der Waals surface area contributed by atoms with Crippen LogP contribution in [0.5, 0.6) is 5.75 Å². The van der Waals surface area contributed by atoms with Gasteiger partial charge >= 0.3 is 0 Å². The Morgan fingerprint density at radius 1 is 1.08 bits per heavy atom. The van der Waals surface area contributed by atoms with E-state index in [1.807, 2.05) is 42.5 Å². The van der Waals surface area contributed by atoms with Gasteiger partial charge in [-0.05, 0) is 42.2 Å². The van der Waals surface area contributed by atoms with Gasteiger partial charge in [-0.3, -0.25) is 20.4 Å². The van der Waals surface area contributed by atoms with Crippen LogP contribution in [0.25, 0.3) is 10.8 Å². The van der Waals surface area contributed by atoms with Crippen LogP contribution in [-0.4, -0.2) is 17.9 Å². The lowest BCUT2D eigenvalue weighted by Crippen LogP contribution is -2.47. The van der Waals surface area contributed by atoms with Crippen molar-refractivity contribution in [2.75, 3.05) is 0 Å². The number of rotatable bonds is 6. The maximum Gasteiger partial charge on any atom is 0.279 e. The summed E-state index contributed by atoms with van der Waals surface area (Å²) in [6, 6.07) is 13.7. The van der Waals surface area contributed by atoms with Gasteiger partial charge in [0.15, 0.2) is 6.10 Å². The molecule has 1 aliphatic rings. The molecule has 1 aliphatic carbocycles. The fourth-order valence-electron chi connectivity index (χ4n) is 3.43. The van der Waals surface area contributed by atoms with E-state index in [0.29, 0.717) is 18.1 Å². The molecule has 2 aromatic rings. The highest BCUT2D eigenvalue weighted by atomic mass is 16.5. The van der Waals surface area contributed by atoms with Crippen molar-refractivity contribution in [3.63, 3.8) is 0 Å². The van der Waals surface area contributed by atoms with Gasteiger partial charge in [0.2, 0.25) is 5.91 Å². The van der Waals surface area contributed by atoms with Crippen molar-refractivity contribution in [1.82, 2.24) is 10.9 Å². The van der Waals surface area contributed by atoms with E-state index >= 15 is 0 Å².